The van der Waals surface area contributed by atoms with E-state index in [1.807, 2.05) is 29.5 Å². The van der Waals surface area contributed by atoms with Crippen molar-refractivity contribution in [1.82, 2.24) is 9.97 Å². The van der Waals surface area contributed by atoms with Crippen LogP contribution in [0, 0.1) is 3.57 Å². The van der Waals surface area contributed by atoms with Gasteiger partial charge in [0.1, 0.15) is 3.57 Å². The highest BCUT2D eigenvalue weighted by Crippen LogP contribution is 2.11. The van der Waals surface area contributed by atoms with Gasteiger partial charge in [-0.1, -0.05) is 11.6 Å². The molecular formula is C6H7ClIN3O. The zero-order valence-corrected chi connectivity index (χ0v) is 9.23. The Labute approximate surface area is 87.9 Å². The molecule has 0 aliphatic carbocycles. The summed E-state index contributed by atoms with van der Waals surface area (Å²) in [5, 5.41) is 3.09. The fourth-order valence-corrected chi connectivity index (χ4v) is 1.11. The molecule has 0 radical (unpaired) electrons. The standard InChI is InChI=1S/C6H7ClIN3O/c1-2-9-6-10-4(7)3(8)5(12)11-6/h2H2,1H3,(H2,9,10,11,12). The maximum absolute atomic E-state index is 11.1. The number of H-pyrrole nitrogens is 1. The maximum atomic E-state index is 11.1. The number of nitrogens with one attached hydrogen (secondary N) is 2. The van der Waals surface area contributed by atoms with Crippen molar-refractivity contribution in [2.45, 2.75) is 6.92 Å². The molecule has 6 heteroatoms. The van der Waals surface area contributed by atoms with E-state index in [0.29, 0.717) is 16.1 Å². The van der Waals surface area contributed by atoms with Crippen LogP contribution in [-0.4, -0.2) is 16.5 Å². The lowest BCUT2D eigenvalue weighted by atomic mass is 10.6. The molecule has 0 aliphatic heterocycles. The summed E-state index contributed by atoms with van der Waals surface area (Å²) in [6.07, 6.45) is 0. The van der Waals surface area contributed by atoms with Gasteiger partial charge in [-0.05, 0) is 29.5 Å². The summed E-state index contributed by atoms with van der Waals surface area (Å²) >= 11 is 7.52. The Kier molecular flexibility index (Phi) is 3.33. The molecule has 66 valence electrons. The molecule has 0 atom stereocenters. The van der Waals surface area contributed by atoms with Crippen LogP contribution in [-0.2, 0) is 0 Å². The van der Waals surface area contributed by atoms with Crippen LogP contribution in [0.15, 0.2) is 4.79 Å². The molecule has 2 N–H and O–H groups in total. The second kappa shape index (κ2) is 4.08. The second-order valence-electron chi connectivity index (χ2n) is 2.05. The predicted octanol–water partition coefficient (Wildman–Crippen LogP) is 1.46. The van der Waals surface area contributed by atoms with E-state index >= 15 is 0 Å². The van der Waals surface area contributed by atoms with Crippen LogP contribution in [0.4, 0.5) is 5.95 Å². The monoisotopic (exact) mass is 299 g/mol. The third kappa shape index (κ3) is 2.10. The average Bonchev–Trinajstić information content (AvgIpc) is 2.01. The fraction of sp³-hybridized carbons (Fsp3) is 0.333. The van der Waals surface area contributed by atoms with Gasteiger partial charge in [0.25, 0.3) is 5.56 Å². The molecule has 1 aromatic rings. The summed E-state index contributed by atoms with van der Waals surface area (Å²) in [5.41, 5.74) is -0.216. The van der Waals surface area contributed by atoms with Crippen molar-refractivity contribution in [3.8, 4) is 0 Å². The highest BCUT2D eigenvalue weighted by atomic mass is 127. The van der Waals surface area contributed by atoms with Crippen molar-refractivity contribution in [3.05, 3.63) is 19.1 Å². The summed E-state index contributed by atoms with van der Waals surface area (Å²) in [6.45, 7) is 2.60. The zero-order chi connectivity index (χ0) is 9.14. The smallest absolute Gasteiger partial charge is 0.267 e. The first-order valence-corrected chi connectivity index (χ1v) is 4.80. The zero-order valence-electron chi connectivity index (χ0n) is 6.32. The number of halogens is 2. The summed E-state index contributed by atoms with van der Waals surface area (Å²) < 4.78 is 0.413. The number of nitrogens with zero attached hydrogens (tertiary/aromatic N) is 1. The van der Waals surface area contributed by atoms with E-state index in [9.17, 15) is 4.79 Å². The minimum Gasteiger partial charge on any atom is -0.356 e. The van der Waals surface area contributed by atoms with Gasteiger partial charge in [0.15, 0.2) is 5.15 Å². The number of aromatic nitrogens is 2. The minimum atomic E-state index is -0.216. The molecule has 1 heterocycles. The molecule has 12 heavy (non-hydrogen) atoms. The van der Waals surface area contributed by atoms with Gasteiger partial charge in [0.2, 0.25) is 5.95 Å². The van der Waals surface area contributed by atoms with E-state index in [2.05, 4.69) is 15.3 Å². The Balaban J connectivity index is 3.13. The minimum absolute atomic E-state index is 0.216. The molecule has 1 aromatic heterocycles. The van der Waals surface area contributed by atoms with E-state index < -0.39 is 0 Å². The van der Waals surface area contributed by atoms with Crippen molar-refractivity contribution < 1.29 is 0 Å². The predicted molar refractivity (Wildman–Crippen MR) is 56.7 cm³/mol. The maximum Gasteiger partial charge on any atom is 0.267 e. The molecule has 4 nitrogen and oxygen atoms in total. The molecule has 0 amide bonds. The Morgan fingerprint density at radius 2 is 2.42 bits per heavy atom. The third-order valence-corrected chi connectivity index (χ3v) is 2.76. The summed E-state index contributed by atoms with van der Waals surface area (Å²) in [6, 6.07) is 0. The van der Waals surface area contributed by atoms with Crippen LogP contribution in [0.1, 0.15) is 6.92 Å². The first-order valence-electron chi connectivity index (χ1n) is 3.34. The SMILES string of the molecule is CCNc1nc(Cl)c(I)c(=O)[nH]1. The number of hydrogen-bond acceptors (Lipinski definition) is 3. The summed E-state index contributed by atoms with van der Waals surface area (Å²) in [7, 11) is 0. The fourth-order valence-electron chi connectivity index (χ4n) is 0.682. The Morgan fingerprint density at radius 1 is 1.75 bits per heavy atom. The Bertz CT molecular complexity index is 338. The van der Waals surface area contributed by atoms with Crippen LogP contribution in [0.2, 0.25) is 5.15 Å². The van der Waals surface area contributed by atoms with Crippen LogP contribution in [0.5, 0.6) is 0 Å². The Morgan fingerprint density at radius 3 is 2.92 bits per heavy atom. The lowest BCUT2D eigenvalue weighted by molar-refractivity contribution is 1.05. The highest BCUT2D eigenvalue weighted by molar-refractivity contribution is 14.1. The van der Waals surface area contributed by atoms with Gasteiger partial charge >= 0.3 is 0 Å². The van der Waals surface area contributed by atoms with Gasteiger partial charge in [0.05, 0.1) is 0 Å². The van der Waals surface area contributed by atoms with Crippen molar-refractivity contribution in [3.63, 3.8) is 0 Å². The molecule has 0 unspecified atom stereocenters. The van der Waals surface area contributed by atoms with E-state index in [0.717, 1.165) is 0 Å². The van der Waals surface area contributed by atoms with E-state index in [1.165, 1.54) is 0 Å². The molecular weight excluding hydrogens is 292 g/mol. The van der Waals surface area contributed by atoms with Crippen molar-refractivity contribution in [2.24, 2.45) is 0 Å². The van der Waals surface area contributed by atoms with Crippen molar-refractivity contribution in [1.29, 1.82) is 0 Å². The molecule has 0 saturated carbocycles. The largest absolute Gasteiger partial charge is 0.356 e. The van der Waals surface area contributed by atoms with E-state index in [4.69, 9.17) is 11.6 Å². The molecule has 0 bridgehead atoms. The molecule has 0 spiro atoms. The van der Waals surface area contributed by atoms with Gasteiger partial charge in [-0.2, -0.15) is 0 Å². The first kappa shape index (κ1) is 9.79. The van der Waals surface area contributed by atoms with Crippen molar-refractivity contribution in [2.75, 3.05) is 11.9 Å². The van der Waals surface area contributed by atoms with Crippen LogP contribution >= 0.6 is 34.2 Å². The third-order valence-electron chi connectivity index (χ3n) is 1.17. The van der Waals surface area contributed by atoms with E-state index in [1.54, 1.807) is 0 Å². The molecule has 0 saturated heterocycles. The lowest BCUT2D eigenvalue weighted by Crippen LogP contribution is -2.15. The summed E-state index contributed by atoms with van der Waals surface area (Å²) in [4.78, 5) is 17.6. The first-order chi connectivity index (χ1) is 5.65. The van der Waals surface area contributed by atoms with Gasteiger partial charge in [-0.25, -0.2) is 4.98 Å². The average molecular weight is 299 g/mol. The van der Waals surface area contributed by atoms with Gasteiger partial charge in [-0.15, -0.1) is 0 Å². The molecule has 0 fully saturated rings. The number of anilines is 1. The van der Waals surface area contributed by atoms with Gasteiger partial charge in [-0.3, -0.25) is 9.78 Å². The van der Waals surface area contributed by atoms with Gasteiger partial charge in [0, 0.05) is 6.54 Å². The van der Waals surface area contributed by atoms with Crippen LogP contribution in [0.25, 0.3) is 0 Å². The number of hydrogen-bond donors (Lipinski definition) is 2. The normalized spacial score (nSPS) is 9.92. The molecule has 1 rings (SSSR count). The number of rotatable bonds is 2. The lowest BCUT2D eigenvalue weighted by Gasteiger charge is -2.01. The molecule has 0 aliphatic rings. The topological polar surface area (TPSA) is 57.8 Å². The second-order valence-corrected chi connectivity index (χ2v) is 3.49. The quantitative estimate of drug-likeness (QED) is 0.642. The van der Waals surface area contributed by atoms with E-state index in [-0.39, 0.29) is 10.7 Å². The molecule has 0 aromatic carbocycles. The van der Waals surface area contributed by atoms with Crippen LogP contribution in [0.3, 0.4) is 0 Å². The number of aromatic amines is 1. The van der Waals surface area contributed by atoms with Gasteiger partial charge < -0.3 is 5.32 Å². The highest BCUT2D eigenvalue weighted by Gasteiger charge is 2.04. The van der Waals surface area contributed by atoms with Crippen molar-refractivity contribution >= 4 is 40.1 Å². The summed E-state index contributed by atoms with van der Waals surface area (Å²) in [5.74, 6) is 0.410. The van der Waals surface area contributed by atoms with Crippen LogP contribution < -0.4 is 10.9 Å². The Hall–Kier alpha value is -0.300.